The van der Waals surface area contributed by atoms with Crippen molar-refractivity contribution in [2.24, 2.45) is 5.92 Å². The first-order chi connectivity index (χ1) is 4.95. The second kappa shape index (κ2) is 4.52. The van der Waals surface area contributed by atoms with Crippen LogP contribution in [0.2, 0.25) is 0 Å². The van der Waals surface area contributed by atoms with E-state index in [0.717, 1.165) is 6.08 Å². The zero-order chi connectivity index (χ0) is 9.02. The molecule has 0 heterocycles. The Morgan fingerprint density at radius 3 is 1.82 bits per heavy atom. The molecule has 0 aliphatic rings. The monoisotopic (exact) mass is 194 g/mol. The van der Waals surface area contributed by atoms with E-state index in [9.17, 15) is 9.59 Å². The first-order valence-corrected chi connectivity index (χ1v) is 3.81. The van der Waals surface area contributed by atoms with Crippen molar-refractivity contribution in [2.75, 3.05) is 0 Å². The van der Waals surface area contributed by atoms with E-state index in [1.807, 2.05) is 0 Å². The van der Waals surface area contributed by atoms with Crippen molar-refractivity contribution in [3.8, 4) is 0 Å². The Kier molecular flexibility index (Phi) is 4.38. The summed E-state index contributed by atoms with van der Waals surface area (Å²) < 4.78 is 0. The van der Waals surface area contributed by atoms with Crippen LogP contribution in [0, 0.1) is 5.92 Å². The summed E-state index contributed by atoms with van der Waals surface area (Å²) in [5.41, 5.74) is 0.242. The van der Waals surface area contributed by atoms with Crippen molar-refractivity contribution in [1.29, 1.82) is 0 Å². The third-order valence-electron chi connectivity index (χ3n) is 1.12. The number of allylic oxidation sites excluding steroid dienone is 2. The Labute approximate surface area is 75.2 Å². The topological polar surface area (TPSA) is 34.1 Å². The maximum atomic E-state index is 10.6. The normalized spacial score (nSPS) is 11.9. The second-order valence-corrected chi connectivity index (χ2v) is 3.05. The number of rotatable bonds is 3. The minimum atomic E-state index is -0.678. The summed E-state index contributed by atoms with van der Waals surface area (Å²) in [5, 5.41) is -1.31. The average molecular weight is 195 g/mol. The summed E-state index contributed by atoms with van der Waals surface area (Å²) in [7, 11) is 0. The lowest BCUT2D eigenvalue weighted by Crippen LogP contribution is -2.03. The molecule has 0 aromatic rings. The molecule has 0 fully saturated rings. The van der Waals surface area contributed by atoms with Gasteiger partial charge in [0.15, 0.2) is 0 Å². The van der Waals surface area contributed by atoms with Crippen LogP contribution in [-0.2, 0) is 9.59 Å². The Morgan fingerprint density at radius 1 is 1.27 bits per heavy atom. The zero-order valence-corrected chi connectivity index (χ0v) is 7.74. The van der Waals surface area contributed by atoms with Gasteiger partial charge in [0.25, 0.3) is 0 Å². The highest BCUT2D eigenvalue weighted by molar-refractivity contribution is 6.70. The summed E-state index contributed by atoms with van der Waals surface area (Å²) in [6.07, 6.45) is 1.04. The first-order valence-electron chi connectivity index (χ1n) is 3.06. The molecule has 0 unspecified atom stereocenters. The van der Waals surface area contributed by atoms with Gasteiger partial charge in [-0.25, -0.2) is 0 Å². The lowest BCUT2D eigenvalue weighted by Gasteiger charge is -2.03. The molecule has 0 N–H and O–H groups in total. The number of carbonyl (C=O) groups excluding carboxylic acids is 2. The molecule has 0 aliphatic carbocycles. The van der Waals surface area contributed by atoms with E-state index in [1.54, 1.807) is 13.8 Å². The molecule has 0 aromatic heterocycles. The molecule has 0 saturated heterocycles. The van der Waals surface area contributed by atoms with Crippen LogP contribution in [0.3, 0.4) is 0 Å². The highest BCUT2D eigenvalue weighted by Gasteiger charge is 2.11. The molecule has 0 aliphatic heterocycles. The van der Waals surface area contributed by atoms with E-state index in [0.29, 0.717) is 0 Å². The van der Waals surface area contributed by atoms with Crippen LogP contribution in [0.4, 0.5) is 0 Å². The van der Waals surface area contributed by atoms with E-state index >= 15 is 0 Å². The van der Waals surface area contributed by atoms with Crippen LogP contribution < -0.4 is 0 Å². The second-order valence-electron chi connectivity index (χ2n) is 2.33. The molecule has 0 aromatic carbocycles. The summed E-state index contributed by atoms with van der Waals surface area (Å²) >= 11 is 10.2. The van der Waals surface area contributed by atoms with E-state index in [-0.39, 0.29) is 11.5 Å². The molecule has 0 amide bonds. The van der Waals surface area contributed by atoms with Crippen molar-refractivity contribution in [2.45, 2.75) is 13.8 Å². The Balaban J connectivity index is 4.60. The van der Waals surface area contributed by atoms with Crippen molar-refractivity contribution in [3.05, 3.63) is 11.6 Å². The van der Waals surface area contributed by atoms with E-state index in [1.165, 1.54) is 0 Å². The van der Waals surface area contributed by atoms with Crippen molar-refractivity contribution in [1.82, 2.24) is 0 Å². The van der Waals surface area contributed by atoms with Crippen molar-refractivity contribution >= 4 is 33.7 Å². The molecule has 0 bridgehead atoms. The highest BCUT2D eigenvalue weighted by atomic mass is 35.5. The van der Waals surface area contributed by atoms with Crippen LogP contribution in [-0.4, -0.2) is 10.5 Å². The molecule has 0 saturated carbocycles. The van der Waals surface area contributed by atoms with Gasteiger partial charge in [0.2, 0.25) is 10.5 Å². The Hall–Kier alpha value is -0.340. The van der Waals surface area contributed by atoms with Gasteiger partial charge < -0.3 is 0 Å². The third-order valence-corrected chi connectivity index (χ3v) is 1.45. The van der Waals surface area contributed by atoms with Crippen molar-refractivity contribution < 1.29 is 9.59 Å². The molecule has 11 heavy (non-hydrogen) atoms. The average Bonchev–Trinajstić information content (AvgIpc) is 1.81. The van der Waals surface area contributed by atoms with E-state index in [2.05, 4.69) is 0 Å². The summed E-state index contributed by atoms with van der Waals surface area (Å²) in [6, 6.07) is 0. The summed E-state index contributed by atoms with van der Waals surface area (Å²) in [6.45, 7) is 3.51. The summed E-state index contributed by atoms with van der Waals surface area (Å²) in [4.78, 5) is 20.9. The lowest BCUT2D eigenvalue weighted by molar-refractivity contribution is -0.110. The SMILES string of the molecule is CC(C)/C(=C\C(=O)Cl)C(=O)Cl. The fourth-order valence-electron chi connectivity index (χ4n) is 0.573. The lowest BCUT2D eigenvalue weighted by atomic mass is 10.1. The van der Waals surface area contributed by atoms with E-state index in [4.69, 9.17) is 23.2 Å². The van der Waals surface area contributed by atoms with Gasteiger partial charge in [-0.3, -0.25) is 9.59 Å². The molecule has 4 heteroatoms. The number of hydrogen-bond donors (Lipinski definition) is 0. The van der Waals surface area contributed by atoms with Crippen LogP contribution >= 0.6 is 23.2 Å². The quantitative estimate of drug-likeness (QED) is 0.510. The third kappa shape index (κ3) is 4.17. The molecule has 0 atom stereocenters. The fourth-order valence-corrected chi connectivity index (χ4v) is 0.963. The van der Waals surface area contributed by atoms with Gasteiger partial charge in [-0.2, -0.15) is 0 Å². The predicted octanol–water partition coefficient (Wildman–Crippen LogP) is 2.10. The van der Waals surface area contributed by atoms with Gasteiger partial charge in [-0.05, 0) is 29.1 Å². The molecular formula is C7H8Cl2O2. The van der Waals surface area contributed by atoms with Crippen LogP contribution in [0.15, 0.2) is 11.6 Å². The minimum Gasteiger partial charge on any atom is -0.276 e. The van der Waals surface area contributed by atoms with Gasteiger partial charge in [0.05, 0.1) is 0 Å². The molecule has 62 valence electrons. The van der Waals surface area contributed by atoms with Gasteiger partial charge in [0, 0.05) is 11.6 Å². The smallest absolute Gasteiger partial charge is 0.248 e. The molecule has 0 spiro atoms. The molecule has 2 nitrogen and oxygen atoms in total. The van der Waals surface area contributed by atoms with E-state index < -0.39 is 10.5 Å². The zero-order valence-electron chi connectivity index (χ0n) is 6.23. The number of carbonyl (C=O) groups is 2. The molecular weight excluding hydrogens is 187 g/mol. The Bertz CT molecular complexity index is 206. The molecule has 0 radical (unpaired) electrons. The van der Waals surface area contributed by atoms with Gasteiger partial charge in [-0.1, -0.05) is 13.8 Å². The van der Waals surface area contributed by atoms with Crippen molar-refractivity contribution in [3.63, 3.8) is 0 Å². The largest absolute Gasteiger partial charge is 0.276 e. The fraction of sp³-hybridized carbons (Fsp3) is 0.429. The minimum absolute atomic E-state index is 0.0808. The Morgan fingerprint density at radius 2 is 1.73 bits per heavy atom. The maximum Gasteiger partial charge on any atom is 0.248 e. The van der Waals surface area contributed by atoms with Crippen LogP contribution in [0.25, 0.3) is 0 Å². The standard InChI is InChI=1S/C7H8Cl2O2/c1-4(2)5(7(9)11)3-6(8)10/h3-4H,1-2H3/b5-3+. The van der Waals surface area contributed by atoms with Gasteiger partial charge >= 0.3 is 0 Å². The first kappa shape index (κ1) is 10.7. The van der Waals surface area contributed by atoms with Gasteiger partial charge in [0.1, 0.15) is 0 Å². The maximum absolute atomic E-state index is 10.6. The van der Waals surface area contributed by atoms with Crippen LogP contribution in [0.1, 0.15) is 13.8 Å². The van der Waals surface area contributed by atoms with Crippen LogP contribution in [0.5, 0.6) is 0 Å². The predicted molar refractivity (Wildman–Crippen MR) is 44.6 cm³/mol. The number of halogens is 2. The summed E-state index contributed by atoms with van der Waals surface area (Å²) in [5.74, 6) is -0.0808. The highest BCUT2D eigenvalue weighted by Crippen LogP contribution is 2.13. The number of hydrogen-bond acceptors (Lipinski definition) is 2. The van der Waals surface area contributed by atoms with Gasteiger partial charge in [-0.15, -0.1) is 0 Å². The molecule has 0 rings (SSSR count).